The summed E-state index contributed by atoms with van der Waals surface area (Å²) in [4.78, 5) is 21.6. The molecule has 190 valence electrons. The summed E-state index contributed by atoms with van der Waals surface area (Å²) in [5.41, 5.74) is 1.78. The number of carboxylic acid groups (broad SMARTS) is 1. The molecule has 4 rings (SSSR count). The lowest BCUT2D eigenvalue weighted by molar-refractivity contribution is 0.0360. The van der Waals surface area contributed by atoms with Gasteiger partial charge in [0.25, 0.3) is 0 Å². The number of hydrogen-bond acceptors (Lipinski definition) is 8. The molecule has 2 fully saturated rings. The molecule has 1 aromatic heterocycles. The van der Waals surface area contributed by atoms with E-state index in [4.69, 9.17) is 17.8 Å². The number of benzene rings is 1. The van der Waals surface area contributed by atoms with Gasteiger partial charge in [-0.15, -0.1) is 0 Å². The van der Waals surface area contributed by atoms with Crippen molar-refractivity contribution >= 4 is 17.5 Å². The van der Waals surface area contributed by atoms with Gasteiger partial charge in [0.1, 0.15) is 18.2 Å². The number of likely N-dealkylation sites (tertiary alicyclic amines) is 1. The standard InChI is InChI=1S/C24H31N3O7S/c1-15(2)21-11-20(8-9-27(21)24(28)29)34-23-16(3)22(25-14-26-23)33-19-6-4-17(5-7-19)10-18-12-31-35(30)32-13-18/h4-7,14-15,18,20-21H,8-13H2,1-3H3,(H,28,29)/t18?,20-,21-,35?/m0/s1. The molecule has 0 saturated carbocycles. The second-order valence-corrected chi connectivity index (χ2v) is 10.1. The fraction of sp³-hybridized carbons (Fsp3) is 0.542. The lowest BCUT2D eigenvalue weighted by Gasteiger charge is -2.39. The maximum absolute atomic E-state index is 11.6. The average molecular weight is 506 g/mol. The molecule has 2 atom stereocenters. The number of hydrogen-bond donors (Lipinski definition) is 1. The van der Waals surface area contributed by atoms with Gasteiger partial charge in [0, 0.05) is 31.3 Å². The van der Waals surface area contributed by atoms with Crippen molar-refractivity contribution < 1.29 is 31.9 Å². The lowest BCUT2D eigenvalue weighted by atomic mass is 9.91. The van der Waals surface area contributed by atoms with Gasteiger partial charge in [-0.2, -0.15) is 4.21 Å². The van der Waals surface area contributed by atoms with Gasteiger partial charge < -0.3 is 19.5 Å². The van der Waals surface area contributed by atoms with Crippen LogP contribution in [-0.2, 0) is 26.1 Å². The highest BCUT2D eigenvalue weighted by atomic mass is 32.2. The summed E-state index contributed by atoms with van der Waals surface area (Å²) in [6.07, 6.45) is 2.34. The van der Waals surface area contributed by atoms with E-state index in [2.05, 4.69) is 9.97 Å². The maximum Gasteiger partial charge on any atom is 0.407 e. The Hall–Kier alpha value is -2.76. The molecular formula is C24H31N3O7S. The first-order valence-corrected chi connectivity index (χ1v) is 12.7. The number of nitrogens with zero attached hydrogens (tertiary/aromatic N) is 3. The second kappa shape index (κ2) is 11.3. The molecule has 2 aromatic rings. The summed E-state index contributed by atoms with van der Waals surface area (Å²) in [6, 6.07) is 7.58. The molecule has 11 heteroatoms. The van der Waals surface area contributed by atoms with Gasteiger partial charge in [-0.3, -0.25) is 8.37 Å². The Kier molecular flexibility index (Phi) is 8.19. The minimum atomic E-state index is -1.63. The van der Waals surface area contributed by atoms with Crippen LogP contribution in [0.5, 0.6) is 17.5 Å². The first-order valence-electron chi connectivity index (χ1n) is 11.7. The molecule has 0 radical (unpaired) electrons. The summed E-state index contributed by atoms with van der Waals surface area (Å²) in [7, 11) is 0. The van der Waals surface area contributed by atoms with E-state index in [0.717, 1.165) is 12.0 Å². The van der Waals surface area contributed by atoms with Crippen LogP contribution in [0.4, 0.5) is 4.79 Å². The Labute approximate surface area is 207 Å². The largest absolute Gasteiger partial charge is 0.474 e. The van der Waals surface area contributed by atoms with Crippen molar-refractivity contribution in [2.24, 2.45) is 11.8 Å². The molecule has 0 spiro atoms. The maximum atomic E-state index is 11.6. The fourth-order valence-corrected chi connectivity index (χ4v) is 5.06. The molecule has 3 heterocycles. The van der Waals surface area contributed by atoms with E-state index in [0.29, 0.717) is 55.7 Å². The quantitative estimate of drug-likeness (QED) is 0.597. The van der Waals surface area contributed by atoms with Crippen LogP contribution in [-0.4, -0.2) is 62.2 Å². The average Bonchev–Trinajstić information content (AvgIpc) is 2.84. The molecule has 1 amide bonds. The number of ether oxygens (including phenoxy) is 2. The minimum absolute atomic E-state index is 0.100. The summed E-state index contributed by atoms with van der Waals surface area (Å²) in [5.74, 6) is 1.82. The predicted octanol–water partition coefficient (Wildman–Crippen LogP) is 3.91. The number of carbonyl (C=O) groups is 1. The van der Waals surface area contributed by atoms with Crippen LogP contribution < -0.4 is 9.47 Å². The summed E-state index contributed by atoms with van der Waals surface area (Å²) in [6.45, 7) is 7.13. The zero-order valence-electron chi connectivity index (χ0n) is 20.1. The Morgan fingerprint density at radius 1 is 1.20 bits per heavy atom. The van der Waals surface area contributed by atoms with Gasteiger partial charge in [0.15, 0.2) is 0 Å². The molecule has 2 aliphatic heterocycles. The van der Waals surface area contributed by atoms with Gasteiger partial charge in [-0.05, 0) is 37.0 Å². The van der Waals surface area contributed by atoms with Crippen molar-refractivity contribution in [2.45, 2.75) is 52.2 Å². The van der Waals surface area contributed by atoms with E-state index in [1.54, 1.807) is 0 Å². The van der Waals surface area contributed by atoms with Crippen molar-refractivity contribution in [2.75, 3.05) is 19.8 Å². The van der Waals surface area contributed by atoms with Crippen LogP contribution in [0, 0.1) is 18.8 Å². The molecule has 0 bridgehead atoms. The first-order chi connectivity index (χ1) is 16.8. The van der Waals surface area contributed by atoms with Gasteiger partial charge in [0.05, 0.1) is 18.8 Å². The number of aromatic nitrogens is 2. The fourth-order valence-electron chi connectivity index (χ4n) is 4.38. The van der Waals surface area contributed by atoms with Crippen molar-refractivity contribution in [1.29, 1.82) is 0 Å². The smallest absolute Gasteiger partial charge is 0.407 e. The SMILES string of the molecule is Cc1c(Oc2ccc(CC3COS(=O)OC3)cc2)ncnc1O[C@H]1CCN(C(=O)O)[C@H](C(C)C)C1. The van der Waals surface area contributed by atoms with Crippen LogP contribution in [0.1, 0.15) is 37.8 Å². The van der Waals surface area contributed by atoms with E-state index in [9.17, 15) is 14.1 Å². The molecule has 35 heavy (non-hydrogen) atoms. The van der Waals surface area contributed by atoms with E-state index in [1.165, 1.54) is 11.2 Å². The monoisotopic (exact) mass is 505 g/mol. The van der Waals surface area contributed by atoms with Crippen LogP contribution in [0.15, 0.2) is 30.6 Å². The lowest BCUT2D eigenvalue weighted by Crippen LogP contribution is -2.50. The zero-order chi connectivity index (χ0) is 24.9. The van der Waals surface area contributed by atoms with Gasteiger partial charge in [0.2, 0.25) is 11.8 Å². The molecule has 0 aliphatic carbocycles. The van der Waals surface area contributed by atoms with Gasteiger partial charge >= 0.3 is 17.5 Å². The summed E-state index contributed by atoms with van der Waals surface area (Å²) >= 11 is -1.63. The van der Waals surface area contributed by atoms with Crippen molar-refractivity contribution in [3.8, 4) is 17.5 Å². The summed E-state index contributed by atoms with van der Waals surface area (Å²) < 4.78 is 33.4. The number of piperidine rings is 1. The van der Waals surface area contributed by atoms with Gasteiger partial charge in [-0.1, -0.05) is 26.0 Å². The predicted molar refractivity (Wildman–Crippen MR) is 128 cm³/mol. The Morgan fingerprint density at radius 3 is 2.54 bits per heavy atom. The van der Waals surface area contributed by atoms with Crippen molar-refractivity contribution in [3.63, 3.8) is 0 Å². The third kappa shape index (κ3) is 6.47. The Bertz CT molecular complexity index is 1040. The molecule has 1 N–H and O–H groups in total. The number of rotatable bonds is 7. The number of amides is 1. The normalized spacial score (nSPS) is 24.9. The second-order valence-electron chi connectivity index (χ2n) is 9.25. The van der Waals surface area contributed by atoms with Crippen LogP contribution in [0.25, 0.3) is 0 Å². The molecule has 2 saturated heterocycles. The molecule has 1 aromatic carbocycles. The van der Waals surface area contributed by atoms with E-state index in [-0.39, 0.29) is 24.0 Å². The third-order valence-electron chi connectivity index (χ3n) is 6.34. The molecule has 2 aliphatic rings. The summed E-state index contributed by atoms with van der Waals surface area (Å²) in [5, 5.41) is 9.49. The Balaban J connectivity index is 1.37. The van der Waals surface area contributed by atoms with Crippen LogP contribution >= 0.6 is 0 Å². The van der Waals surface area contributed by atoms with Crippen molar-refractivity contribution in [3.05, 3.63) is 41.7 Å². The highest BCUT2D eigenvalue weighted by molar-refractivity contribution is 7.75. The molecule has 10 nitrogen and oxygen atoms in total. The van der Waals surface area contributed by atoms with E-state index < -0.39 is 17.5 Å². The minimum Gasteiger partial charge on any atom is -0.474 e. The van der Waals surface area contributed by atoms with Gasteiger partial charge in [-0.25, -0.2) is 14.8 Å². The molecule has 0 unspecified atom stereocenters. The van der Waals surface area contributed by atoms with E-state index >= 15 is 0 Å². The van der Waals surface area contributed by atoms with E-state index in [1.807, 2.05) is 45.0 Å². The topological polar surface area (TPSA) is 120 Å². The highest BCUT2D eigenvalue weighted by Gasteiger charge is 2.34. The van der Waals surface area contributed by atoms with Crippen LogP contribution in [0.3, 0.4) is 0 Å². The highest BCUT2D eigenvalue weighted by Crippen LogP contribution is 2.31. The molecular weight excluding hydrogens is 474 g/mol. The van der Waals surface area contributed by atoms with Crippen molar-refractivity contribution in [1.82, 2.24) is 14.9 Å². The Morgan fingerprint density at radius 2 is 1.89 bits per heavy atom. The third-order valence-corrected chi connectivity index (χ3v) is 7.00. The van der Waals surface area contributed by atoms with Crippen LogP contribution in [0.2, 0.25) is 0 Å². The zero-order valence-corrected chi connectivity index (χ0v) is 20.9. The first kappa shape index (κ1) is 25.3.